The Balaban J connectivity index is 2.19. The molecule has 100 valence electrons. The van der Waals surface area contributed by atoms with Gasteiger partial charge in [0, 0.05) is 32.1 Å². The van der Waals surface area contributed by atoms with E-state index in [1.165, 1.54) is 0 Å². The zero-order chi connectivity index (χ0) is 13.2. The standard InChI is InChI=1S/C12H17ClN2O2S/c1-14-6-8-15(9-7-14)18(16,17)12-4-2-11(10-13)3-5-12/h2-5H,6-10H2,1H3. The Morgan fingerprint density at radius 1 is 1.11 bits per heavy atom. The molecule has 1 aromatic rings. The molecular formula is C12H17ClN2O2S. The molecule has 1 saturated heterocycles. The summed E-state index contributed by atoms with van der Waals surface area (Å²) in [6.45, 7) is 2.66. The minimum absolute atomic E-state index is 0.348. The van der Waals surface area contributed by atoms with Crippen LogP contribution in [0.2, 0.25) is 0 Å². The van der Waals surface area contributed by atoms with Crippen LogP contribution < -0.4 is 0 Å². The smallest absolute Gasteiger partial charge is 0.243 e. The number of benzene rings is 1. The van der Waals surface area contributed by atoms with Gasteiger partial charge in [0.25, 0.3) is 0 Å². The Hall–Kier alpha value is -0.620. The fourth-order valence-corrected chi connectivity index (χ4v) is 3.53. The van der Waals surface area contributed by atoms with Crippen molar-refractivity contribution < 1.29 is 8.42 Å². The molecule has 1 heterocycles. The van der Waals surface area contributed by atoms with Crippen LogP contribution in [0.3, 0.4) is 0 Å². The van der Waals surface area contributed by atoms with Gasteiger partial charge < -0.3 is 4.90 Å². The summed E-state index contributed by atoms with van der Waals surface area (Å²) < 4.78 is 26.3. The van der Waals surface area contributed by atoms with E-state index in [1.54, 1.807) is 28.6 Å². The monoisotopic (exact) mass is 288 g/mol. The van der Waals surface area contributed by atoms with Gasteiger partial charge in [0.2, 0.25) is 10.0 Å². The predicted molar refractivity (Wildman–Crippen MR) is 72.3 cm³/mol. The summed E-state index contributed by atoms with van der Waals surface area (Å²) in [6.07, 6.45) is 0. The number of sulfonamides is 1. The molecule has 1 fully saturated rings. The molecule has 0 aromatic heterocycles. The first-order valence-electron chi connectivity index (χ1n) is 5.87. The van der Waals surface area contributed by atoms with Gasteiger partial charge in [0.05, 0.1) is 4.90 Å². The van der Waals surface area contributed by atoms with E-state index < -0.39 is 10.0 Å². The summed E-state index contributed by atoms with van der Waals surface area (Å²) in [5.74, 6) is 0.398. The minimum atomic E-state index is -3.35. The third-order valence-corrected chi connectivity index (χ3v) is 5.40. The van der Waals surface area contributed by atoms with E-state index in [9.17, 15) is 8.42 Å². The van der Waals surface area contributed by atoms with Crippen LogP contribution in [0.15, 0.2) is 29.2 Å². The van der Waals surface area contributed by atoms with Crippen molar-refractivity contribution in [3.8, 4) is 0 Å². The topological polar surface area (TPSA) is 40.6 Å². The molecule has 0 atom stereocenters. The van der Waals surface area contributed by atoms with Gasteiger partial charge in [-0.05, 0) is 24.7 Å². The van der Waals surface area contributed by atoms with Gasteiger partial charge in [-0.3, -0.25) is 0 Å². The normalized spacial score (nSPS) is 19.0. The second-order valence-electron chi connectivity index (χ2n) is 4.48. The Labute approximate surface area is 113 Å². The maximum absolute atomic E-state index is 12.4. The van der Waals surface area contributed by atoms with Gasteiger partial charge in [0.1, 0.15) is 0 Å². The quantitative estimate of drug-likeness (QED) is 0.789. The van der Waals surface area contributed by atoms with Crippen LogP contribution in [0.25, 0.3) is 0 Å². The average molecular weight is 289 g/mol. The molecule has 0 aliphatic carbocycles. The van der Waals surface area contributed by atoms with E-state index in [2.05, 4.69) is 4.90 Å². The summed E-state index contributed by atoms with van der Waals surface area (Å²) in [5, 5.41) is 0. The highest BCUT2D eigenvalue weighted by atomic mass is 35.5. The summed E-state index contributed by atoms with van der Waals surface area (Å²) in [4.78, 5) is 2.48. The van der Waals surface area contributed by atoms with Gasteiger partial charge in [0.15, 0.2) is 0 Å². The molecule has 1 aliphatic heterocycles. The molecule has 18 heavy (non-hydrogen) atoms. The average Bonchev–Trinajstić information content (AvgIpc) is 2.39. The predicted octanol–water partition coefficient (Wildman–Crippen LogP) is 1.36. The lowest BCUT2D eigenvalue weighted by Gasteiger charge is -2.31. The third-order valence-electron chi connectivity index (χ3n) is 3.18. The molecule has 0 N–H and O–H groups in total. The van der Waals surface area contributed by atoms with Crippen molar-refractivity contribution in [3.63, 3.8) is 0 Å². The molecule has 0 saturated carbocycles. The minimum Gasteiger partial charge on any atom is -0.304 e. The zero-order valence-electron chi connectivity index (χ0n) is 10.3. The Morgan fingerprint density at radius 3 is 2.17 bits per heavy atom. The van der Waals surface area contributed by atoms with Crippen molar-refractivity contribution >= 4 is 21.6 Å². The number of alkyl halides is 1. The van der Waals surface area contributed by atoms with Crippen molar-refractivity contribution in [2.24, 2.45) is 0 Å². The van der Waals surface area contributed by atoms with Gasteiger partial charge in [-0.2, -0.15) is 4.31 Å². The van der Waals surface area contributed by atoms with Crippen molar-refractivity contribution in [2.45, 2.75) is 10.8 Å². The molecular weight excluding hydrogens is 272 g/mol. The van der Waals surface area contributed by atoms with E-state index in [0.29, 0.717) is 23.9 Å². The Morgan fingerprint density at radius 2 is 1.67 bits per heavy atom. The number of halogens is 1. The zero-order valence-corrected chi connectivity index (χ0v) is 11.9. The van der Waals surface area contributed by atoms with Crippen molar-refractivity contribution in [1.29, 1.82) is 0 Å². The maximum Gasteiger partial charge on any atom is 0.243 e. The van der Waals surface area contributed by atoms with E-state index in [0.717, 1.165) is 18.7 Å². The highest BCUT2D eigenvalue weighted by Crippen LogP contribution is 2.18. The molecule has 1 aromatic carbocycles. The molecule has 0 unspecified atom stereocenters. The first-order chi connectivity index (χ1) is 8.54. The lowest BCUT2D eigenvalue weighted by Crippen LogP contribution is -2.46. The fourth-order valence-electron chi connectivity index (χ4n) is 1.93. The van der Waals surface area contributed by atoms with Gasteiger partial charge in [-0.15, -0.1) is 11.6 Å². The van der Waals surface area contributed by atoms with Crippen LogP contribution in [0.1, 0.15) is 5.56 Å². The second-order valence-corrected chi connectivity index (χ2v) is 6.69. The lowest BCUT2D eigenvalue weighted by atomic mass is 10.2. The van der Waals surface area contributed by atoms with Crippen LogP contribution in [0.5, 0.6) is 0 Å². The van der Waals surface area contributed by atoms with Crippen LogP contribution in [0, 0.1) is 0 Å². The lowest BCUT2D eigenvalue weighted by molar-refractivity contribution is 0.222. The number of hydrogen-bond acceptors (Lipinski definition) is 3. The number of rotatable bonds is 3. The number of piperazine rings is 1. The third kappa shape index (κ3) is 2.85. The van der Waals surface area contributed by atoms with E-state index in [-0.39, 0.29) is 0 Å². The molecule has 4 nitrogen and oxygen atoms in total. The molecule has 0 radical (unpaired) electrons. The number of hydrogen-bond donors (Lipinski definition) is 0. The van der Waals surface area contributed by atoms with Crippen LogP contribution in [-0.4, -0.2) is 50.8 Å². The Kier molecular flexibility index (Phi) is 4.27. The van der Waals surface area contributed by atoms with E-state index >= 15 is 0 Å². The molecule has 6 heteroatoms. The van der Waals surface area contributed by atoms with Crippen LogP contribution in [-0.2, 0) is 15.9 Å². The number of likely N-dealkylation sites (N-methyl/N-ethyl adjacent to an activating group) is 1. The Bertz CT molecular complexity index is 493. The molecule has 2 rings (SSSR count). The molecule has 1 aliphatic rings. The van der Waals surface area contributed by atoms with Gasteiger partial charge in [-0.25, -0.2) is 8.42 Å². The first-order valence-corrected chi connectivity index (χ1v) is 7.85. The van der Waals surface area contributed by atoms with Crippen molar-refractivity contribution in [3.05, 3.63) is 29.8 Å². The largest absolute Gasteiger partial charge is 0.304 e. The second kappa shape index (κ2) is 5.57. The molecule has 0 spiro atoms. The SMILES string of the molecule is CN1CCN(S(=O)(=O)c2ccc(CCl)cc2)CC1. The first kappa shape index (κ1) is 13.8. The number of nitrogens with zero attached hydrogens (tertiary/aromatic N) is 2. The summed E-state index contributed by atoms with van der Waals surface area (Å²) >= 11 is 5.69. The highest BCUT2D eigenvalue weighted by molar-refractivity contribution is 7.89. The van der Waals surface area contributed by atoms with Gasteiger partial charge in [-0.1, -0.05) is 12.1 Å². The van der Waals surface area contributed by atoms with E-state index in [1.807, 2.05) is 7.05 Å². The van der Waals surface area contributed by atoms with Crippen molar-refractivity contribution in [1.82, 2.24) is 9.21 Å². The molecule has 0 amide bonds. The molecule has 0 bridgehead atoms. The van der Waals surface area contributed by atoms with Crippen molar-refractivity contribution in [2.75, 3.05) is 33.2 Å². The van der Waals surface area contributed by atoms with Crippen LogP contribution in [0.4, 0.5) is 0 Å². The summed E-state index contributed by atoms with van der Waals surface area (Å²) in [6, 6.07) is 6.78. The fraction of sp³-hybridized carbons (Fsp3) is 0.500. The highest BCUT2D eigenvalue weighted by Gasteiger charge is 2.27. The van der Waals surface area contributed by atoms with E-state index in [4.69, 9.17) is 11.6 Å². The summed E-state index contributed by atoms with van der Waals surface area (Å²) in [5.41, 5.74) is 0.925. The summed E-state index contributed by atoms with van der Waals surface area (Å²) in [7, 11) is -1.35. The maximum atomic E-state index is 12.4. The van der Waals surface area contributed by atoms with Gasteiger partial charge >= 0.3 is 0 Å². The van der Waals surface area contributed by atoms with Crippen LogP contribution >= 0.6 is 11.6 Å².